The van der Waals surface area contributed by atoms with E-state index in [1.165, 1.54) is 11.3 Å². The van der Waals surface area contributed by atoms with Gasteiger partial charge in [0, 0.05) is 12.7 Å². The molecule has 1 aromatic rings. The molecule has 1 unspecified atom stereocenters. The number of thiazole rings is 1. The van der Waals surface area contributed by atoms with Crippen LogP contribution < -0.4 is 14.8 Å². The van der Waals surface area contributed by atoms with Gasteiger partial charge in [-0.1, -0.05) is 11.3 Å². The topological polar surface area (TPSA) is 52.6 Å². The third kappa shape index (κ3) is 2.59. The Bertz CT molecular complexity index is 470. The summed E-state index contributed by atoms with van der Waals surface area (Å²) in [5.41, 5.74) is -0.643. The summed E-state index contributed by atoms with van der Waals surface area (Å²) in [6, 6.07) is 0. The first-order valence-electron chi connectivity index (χ1n) is 7.06. The predicted molar refractivity (Wildman–Crippen MR) is 79.7 cm³/mol. The highest BCUT2D eigenvalue weighted by Crippen LogP contribution is 2.37. The number of hydrogen-bond donors (Lipinski definition) is 1. The van der Waals surface area contributed by atoms with Crippen LogP contribution in [-0.4, -0.2) is 42.5 Å². The fraction of sp³-hybridized carbons (Fsp3) is 0.769. The molecule has 20 heavy (non-hydrogen) atoms. The standard InChI is InChI=1S/C13H21BN2O3S/c1-12(2)13(3,4)19-14(18-12)10-8-16-11(20-10)17-9-5-6-15-7-9/h8-9,15H,5-7H2,1-4H3. The van der Waals surface area contributed by atoms with Gasteiger partial charge in [0.25, 0.3) is 5.19 Å². The van der Waals surface area contributed by atoms with Gasteiger partial charge in [0.1, 0.15) is 6.10 Å². The molecule has 3 heterocycles. The lowest BCUT2D eigenvalue weighted by Crippen LogP contribution is -2.41. The molecule has 0 bridgehead atoms. The van der Waals surface area contributed by atoms with E-state index >= 15 is 0 Å². The van der Waals surface area contributed by atoms with E-state index in [4.69, 9.17) is 14.0 Å². The quantitative estimate of drug-likeness (QED) is 0.849. The third-order valence-electron chi connectivity index (χ3n) is 4.27. The van der Waals surface area contributed by atoms with Gasteiger partial charge in [-0.2, -0.15) is 0 Å². The second-order valence-corrected chi connectivity index (χ2v) is 7.37. The molecule has 0 aromatic carbocycles. The molecule has 0 aliphatic carbocycles. The van der Waals surface area contributed by atoms with Crippen molar-refractivity contribution in [1.29, 1.82) is 0 Å². The fourth-order valence-corrected chi connectivity index (χ4v) is 3.05. The molecule has 2 fully saturated rings. The summed E-state index contributed by atoms with van der Waals surface area (Å²) < 4.78 is 18.8. The van der Waals surface area contributed by atoms with Gasteiger partial charge in [-0.3, -0.25) is 0 Å². The van der Waals surface area contributed by atoms with Gasteiger partial charge in [0.05, 0.1) is 16.0 Å². The molecule has 5 nitrogen and oxygen atoms in total. The van der Waals surface area contributed by atoms with E-state index in [9.17, 15) is 0 Å². The van der Waals surface area contributed by atoms with E-state index in [-0.39, 0.29) is 24.4 Å². The molecule has 0 spiro atoms. The molecule has 2 aliphatic rings. The number of hydrogen-bond acceptors (Lipinski definition) is 6. The zero-order valence-corrected chi connectivity index (χ0v) is 13.3. The summed E-state index contributed by atoms with van der Waals surface area (Å²) in [6.07, 6.45) is 3.06. The highest BCUT2D eigenvalue weighted by molar-refractivity contribution is 7.23. The van der Waals surface area contributed by atoms with Crippen LogP contribution in [0.1, 0.15) is 34.1 Å². The molecular formula is C13H21BN2O3S. The molecule has 110 valence electrons. The molecule has 2 aliphatic heterocycles. The van der Waals surface area contributed by atoms with Crippen LogP contribution in [0.25, 0.3) is 0 Å². The minimum absolute atomic E-state index is 0.229. The lowest BCUT2D eigenvalue weighted by atomic mass is 9.89. The maximum Gasteiger partial charge on any atom is 0.507 e. The van der Waals surface area contributed by atoms with Crippen molar-refractivity contribution in [3.8, 4) is 5.19 Å². The zero-order valence-electron chi connectivity index (χ0n) is 12.4. The van der Waals surface area contributed by atoms with Crippen LogP contribution in [0.4, 0.5) is 0 Å². The Labute approximate surface area is 124 Å². The van der Waals surface area contributed by atoms with Gasteiger partial charge < -0.3 is 19.4 Å². The van der Waals surface area contributed by atoms with Crippen LogP contribution in [-0.2, 0) is 9.31 Å². The second-order valence-electron chi connectivity index (χ2n) is 6.35. The summed E-state index contributed by atoms with van der Waals surface area (Å²) in [5, 5.41) is 3.98. The van der Waals surface area contributed by atoms with Crippen LogP contribution in [0, 0.1) is 0 Å². The van der Waals surface area contributed by atoms with Crippen molar-refractivity contribution in [2.75, 3.05) is 13.1 Å². The smallest absolute Gasteiger partial charge is 0.465 e. The second kappa shape index (κ2) is 4.98. The number of rotatable bonds is 3. The van der Waals surface area contributed by atoms with Crippen LogP contribution in [0.15, 0.2) is 6.20 Å². The maximum absolute atomic E-state index is 6.01. The highest BCUT2D eigenvalue weighted by Gasteiger charge is 2.52. The van der Waals surface area contributed by atoms with Crippen molar-refractivity contribution in [3.63, 3.8) is 0 Å². The summed E-state index contributed by atoms with van der Waals surface area (Å²) in [4.78, 5) is 4.33. The Balaban J connectivity index is 1.68. The monoisotopic (exact) mass is 296 g/mol. The normalized spacial score (nSPS) is 28.0. The summed E-state index contributed by atoms with van der Waals surface area (Å²) >= 11 is 1.51. The van der Waals surface area contributed by atoms with Crippen LogP contribution in [0.5, 0.6) is 5.19 Å². The average molecular weight is 296 g/mol. The minimum Gasteiger partial charge on any atom is -0.465 e. The predicted octanol–water partition coefficient (Wildman–Crippen LogP) is 1.18. The first-order valence-corrected chi connectivity index (χ1v) is 7.88. The lowest BCUT2D eigenvalue weighted by molar-refractivity contribution is 0.00578. The van der Waals surface area contributed by atoms with Crippen LogP contribution in [0.2, 0.25) is 0 Å². The minimum atomic E-state index is -0.350. The SMILES string of the molecule is CC1(C)OB(c2cnc(OC3CCNC3)s2)OC1(C)C. The van der Waals surface area contributed by atoms with Crippen LogP contribution in [0.3, 0.4) is 0 Å². The molecule has 1 N–H and O–H groups in total. The average Bonchev–Trinajstić information content (AvgIpc) is 3.02. The van der Waals surface area contributed by atoms with E-state index in [1.54, 1.807) is 6.20 Å². The van der Waals surface area contributed by atoms with Crippen molar-refractivity contribution in [3.05, 3.63) is 6.20 Å². The Morgan fingerprint density at radius 1 is 1.35 bits per heavy atom. The molecule has 7 heteroatoms. The molecule has 1 aromatic heterocycles. The van der Waals surface area contributed by atoms with Gasteiger partial charge in [-0.05, 0) is 40.7 Å². The van der Waals surface area contributed by atoms with Crippen molar-refractivity contribution < 1.29 is 14.0 Å². The van der Waals surface area contributed by atoms with Crippen molar-refractivity contribution in [2.24, 2.45) is 0 Å². The van der Waals surface area contributed by atoms with Gasteiger partial charge in [0.2, 0.25) is 0 Å². The molecule has 1 atom stereocenters. The number of nitrogens with one attached hydrogen (secondary N) is 1. The zero-order chi connectivity index (χ0) is 14.4. The molecule has 0 saturated carbocycles. The summed E-state index contributed by atoms with van der Waals surface area (Å²) in [7, 11) is -0.350. The Hall–Kier alpha value is -0.625. The van der Waals surface area contributed by atoms with Crippen molar-refractivity contribution in [2.45, 2.75) is 51.4 Å². The fourth-order valence-electron chi connectivity index (χ4n) is 2.26. The van der Waals surface area contributed by atoms with E-state index in [2.05, 4.69) is 38.0 Å². The van der Waals surface area contributed by atoms with E-state index in [1.807, 2.05) is 0 Å². The number of ether oxygens (including phenoxy) is 1. The Morgan fingerprint density at radius 3 is 2.65 bits per heavy atom. The lowest BCUT2D eigenvalue weighted by Gasteiger charge is -2.32. The molecule has 3 rings (SSSR count). The maximum atomic E-state index is 6.01. The van der Waals surface area contributed by atoms with E-state index in [0.717, 1.165) is 24.3 Å². The summed E-state index contributed by atoms with van der Waals surface area (Å²) in [6.45, 7) is 10.1. The van der Waals surface area contributed by atoms with Crippen molar-refractivity contribution >= 4 is 23.2 Å². The molecule has 0 radical (unpaired) electrons. The largest absolute Gasteiger partial charge is 0.507 e. The van der Waals surface area contributed by atoms with E-state index in [0.29, 0.717) is 5.19 Å². The van der Waals surface area contributed by atoms with E-state index < -0.39 is 0 Å². The van der Waals surface area contributed by atoms with Gasteiger partial charge in [-0.15, -0.1) is 0 Å². The number of aromatic nitrogens is 1. The molecule has 2 saturated heterocycles. The summed E-state index contributed by atoms with van der Waals surface area (Å²) in [5.74, 6) is 0. The van der Waals surface area contributed by atoms with Gasteiger partial charge in [0.15, 0.2) is 0 Å². The Kier molecular flexibility index (Phi) is 3.57. The number of nitrogens with zero attached hydrogens (tertiary/aromatic N) is 1. The van der Waals surface area contributed by atoms with Crippen LogP contribution >= 0.6 is 11.3 Å². The van der Waals surface area contributed by atoms with Gasteiger partial charge in [-0.25, -0.2) is 4.98 Å². The third-order valence-corrected chi connectivity index (χ3v) is 5.18. The first kappa shape index (κ1) is 14.3. The van der Waals surface area contributed by atoms with Gasteiger partial charge >= 0.3 is 7.12 Å². The molecular weight excluding hydrogens is 275 g/mol. The molecule has 0 amide bonds. The van der Waals surface area contributed by atoms with Crippen molar-refractivity contribution in [1.82, 2.24) is 10.3 Å². The highest BCUT2D eigenvalue weighted by atomic mass is 32.1. The first-order chi connectivity index (χ1) is 9.37. The Morgan fingerprint density at radius 2 is 2.05 bits per heavy atom.